The zero-order valence-electron chi connectivity index (χ0n) is 29.5. The van der Waals surface area contributed by atoms with Crippen molar-refractivity contribution in [3.63, 3.8) is 0 Å². The van der Waals surface area contributed by atoms with Crippen molar-refractivity contribution in [2.75, 3.05) is 12.5 Å². The molecule has 8 aromatic rings. The van der Waals surface area contributed by atoms with E-state index in [4.69, 9.17) is 8.83 Å². The van der Waals surface area contributed by atoms with Crippen molar-refractivity contribution >= 4 is 57.3 Å². The van der Waals surface area contributed by atoms with Gasteiger partial charge in [0.2, 0.25) is 11.8 Å². The Morgan fingerprint density at radius 2 is 1.04 bits per heavy atom. The van der Waals surface area contributed by atoms with Gasteiger partial charge in [0.05, 0.1) is 15.7 Å². The fourth-order valence-corrected chi connectivity index (χ4v) is 7.66. The van der Waals surface area contributed by atoms with E-state index in [0.29, 0.717) is 56.3 Å². The van der Waals surface area contributed by atoms with Crippen LogP contribution in [-0.4, -0.2) is 39.3 Å². The molecular weight excluding hydrogens is 701 g/mol. The summed E-state index contributed by atoms with van der Waals surface area (Å²) >= 11 is 1.52. The van der Waals surface area contributed by atoms with E-state index in [9.17, 15) is 13.8 Å². The van der Waals surface area contributed by atoms with E-state index in [0.717, 1.165) is 55.7 Å². The van der Waals surface area contributed by atoms with Gasteiger partial charge in [0.15, 0.2) is 23.7 Å². The molecule has 8 rings (SSSR count). The first-order chi connectivity index (χ1) is 25.8. The molecule has 53 heavy (non-hydrogen) atoms. The van der Waals surface area contributed by atoms with Crippen LogP contribution in [0.2, 0.25) is 0 Å². The average Bonchev–Trinajstić information content (AvgIpc) is 3.81. The topological polar surface area (TPSA) is 103 Å². The predicted octanol–water partition coefficient (Wildman–Crippen LogP) is 11.0. The van der Waals surface area contributed by atoms with Gasteiger partial charge >= 0.3 is 0 Å². The van der Waals surface area contributed by atoms with Gasteiger partial charge in [-0.1, -0.05) is 84.9 Å². The van der Waals surface area contributed by atoms with Crippen LogP contribution in [0.25, 0.3) is 67.4 Å². The molecule has 9 heteroatoms. The number of oxazole rings is 2. The van der Waals surface area contributed by atoms with E-state index < -0.39 is 10.8 Å². The highest BCUT2D eigenvalue weighted by Gasteiger charge is 2.18. The van der Waals surface area contributed by atoms with Crippen molar-refractivity contribution < 1.29 is 22.6 Å². The monoisotopic (exact) mass is 734 g/mol. The number of fused-ring (bicyclic) bond motifs is 2. The van der Waals surface area contributed by atoms with Gasteiger partial charge in [-0.2, -0.15) is 0 Å². The third-order valence-corrected chi connectivity index (χ3v) is 10.9. The first-order valence-electron chi connectivity index (χ1n) is 16.8. The molecule has 2 aromatic heterocycles. The second kappa shape index (κ2) is 15.4. The quantitative estimate of drug-likeness (QED) is 0.112. The first-order valence-corrected chi connectivity index (χ1v) is 19.6. The highest BCUT2D eigenvalue weighted by Crippen LogP contribution is 2.36. The molecule has 0 saturated carbocycles. The van der Waals surface area contributed by atoms with Crippen molar-refractivity contribution in [2.45, 2.75) is 23.6 Å². The number of benzene rings is 6. The van der Waals surface area contributed by atoms with E-state index in [1.165, 1.54) is 11.8 Å². The third-order valence-electron chi connectivity index (χ3n) is 9.12. The van der Waals surface area contributed by atoms with Crippen LogP contribution in [0.3, 0.4) is 0 Å². The molecule has 0 aliphatic rings. The number of rotatable bonds is 8. The Bertz CT molecular complexity index is 2650. The van der Waals surface area contributed by atoms with Gasteiger partial charge in [-0.3, -0.25) is 13.8 Å². The lowest BCUT2D eigenvalue weighted by atomic mass is 9.96. The molecule has 0 saturated heterocycles. The zero-order valence-corrected chi connectivity index (χ0v) is 31.1. The van der Waals surface area contributed by atoms with Crippen molar-refractivity contribution in [3.05, 3.63) is 144 Å². The molecule has 0 aliphatic carbocycles. The molecule has 6 aromatic carbocycles. The number of carbonyl (C=O) groups is 2. The van der Waals surface area contributed by atoms with Crippen LogP contribution in [0.4, 0.5) is 0 Å². The molecular formula is C44H34N2O5S2. The van der Waals surface area contributed by atoms with Gasteiger partial charge in [-0.25, -0.2) is 9.97 Å². The summed E-state index contributed by atoms with van der Waals surface area (Å²) in [6, 6.07) is 39.5. The van der Waals surface area contributed by atoms with Gasteiger partial charge in [-0.05, 0) is 89.9 Å². The summed E-state index contributed by atoms with van der Waals surface area (Å²) in [5, 5.41) is 0. The van der Waals surface area contributed by atoms with Crippen LogP contribution >= 0.6 is 11.8 Å². The molecule has 0 aliphatic heterocycles. The Balaban J connectivity index is 0.000000164. The van der Waals surface area contributed by atoms with Gasteiger partial charge in [0.1, 0.15) is 11.0 Å². The lowest BCUT2D eigenvalue weighted by Gasteiger charge is -2.09. The molecule has 0 radical (unpaired) electrons. The number of hydrogen-bond donors (Lipinski definition) is 0. The number of carbonyl (C=O) groups excluding carboxylic acids is 2. The first kappa shape index (κ1) is 35.5. The summed E-state index contributed by atoms with van der Waals surface area (Å²) in [7, 11) is -1.28. The predicted molar refractivity (Wildman–Crippen MR) is 214 cm³/mol. The highest BCUT2D eigenvalue weighted by atomic mass is 32.2. The Morgan fingerprint density at radius 3 is 1.49 bits per heavy atom. The number of aldehydes is 2. The molecule has 7 nitrogen and oxygen atoms in total. The minimum atomic E-state index is -1.28. The van der Waals surface area contributed by atoms with Crippen LogP contribution in [0.15, 0.2) is 140 Å². The summed E-state index contributed by atoms with van der Waals surface area (Å²) in [6.07, 6.45) is 5.05. The van der Waals surface area contributed by atoms with Gasteiger partial charge in [-0.15, -0.1) is 11.8 Å². The molecule has 262 valence electrons. The van der Waals surface area contributed by atoms with E-state index in [-0.39, 0.29) is 0 Å². The third kappa shape index (κ3) is 7.13. The maximum atomic E-state index is 11.9. The maximum Gasteiger partial charge on any atom is 0.227 e. The van der Waals surface area contributed by atoms with Crippen molar-refractivity contribution in [2.24, 2.45) is 0 Å². The number of nitrogens with zero attached hydrogens (tertiary/aromatic N) is 2. The van der Waals surface area contributed by atoms with Crippen LogP contribution in [-0.2, 0) is 10.8 Å². The molecule has 1 atom stereocenters. The van der Waals surface area contributed by atoms with Gasteiger partial charge in [0, 0.05) is 33.4 Å². The second-order valence-electron chi connectivity index (χ2n) is 12.3. The van der Waals surface area contributed by atoms with Crippen LogP contribution < -0.4 is 0 Å². The lowest BCUT2D eigenvalue weighted by Crippen LogP contribution is -1.94. The van der Waals surface area contributed by atoms with E-state index in [1.54, 1.807) is 24.5 Å². The Kier molecular flexibility index (Phi) is 10.3. The number of thioether (sulfide) groups is 1. The molecule has 0 fully saturated rings. The van der Waals surface area contributed by atoms with E-state index >= 15 is 0 Å². The summed E-state index contributed by atoms with van der Waals surface area (Å²) in [6.45, 7) is 4.12. The normalized spacial score (nSPS) is 11.6. The molecule has 0 N–H and O–H groups in total. The molecule has 0 spiro atoms. The molecule has 2 heterocycles. The minimum absolute atomic E-state index is 0.373. The summed E-state index contributed by atoms with van der Waals surface area (Å²) < 4.78 is 23.9. The lowest BCUT2D eigenvalue weighted by molar-refractivity contribution is 0.111. The number of aromatic nitrogens is 2. The highest BCUT2D eigenvalue weighted by molar-refractivity contribution is 7.98. The SMILES string of the molecule is CSc1cc2oc(-c3cccc(-c4ccccc4)c3C)nc2cc1C=O.Cc1c(-c2ccccc2)cccc1-c1nc2cc(C=O)c(S(C)=O)cc2o1. The largest absolute Gasteiger partial charge is 0.436 e. The van der Waals surface area contributed by atoms with Crippen LogP contribution in [0.1, 0.15) is 31.8 Å². The van der Waals surface area contributed by atoms with Gasteiger partial charge < -0.3 is 8.83 Å². The summed E-state index contributed by atoms with van der Waals surface area (Å²) in [5.74, 6) is 1.06. The van der Waals surface area contributed by atoms with Crippen LogP contribution in [0.5, 0.6) is 0 Å². The standard InChI is InChI=1S/C22H17NO3S.C22H17NO2S/c1-14-17(15-7-4-3-5-8-15)9-6-10-18(14)22-23-19-11-16(13-24)21(27(2)25)12-20(19)26-22;1-14-17(15-7-4-3-5-8-15)9-6-10-18(14)22-23-19-11-16(13-24)21(26-2)12-20(19)25-22/h3-13H,1-2H3;3-13H,1-2H3. The van der Waals surface area contributed by atoms with Crippen molar-refractivity contribution in [1.29, 1.82) is 0 Å². The summed E-state index contributed by atoms with van der Waals surface area (Å²) in [5.41, 5.74) is 12.1. The molecule has 0 bridgehead atoms. The van der Waals surface area contributed by atoms with Gasteiger partial charge in [0.25, 0.3) is 0 Å². The Morgan fingerprint density at radius 1 is 0.585 bits per heavy atom. The van der Waals surface area contributed by atoms with E-state index in [2.05, 4.69) is 53.3 Å². The fourth-order valence-electron chi connectivity index (χ4n) is 6.38. The van der Waals surface area contributed by atoms with E-state index in [1.807, 2.05) is 79.9 Å². The average molecular weight is 735 g/mol. The Labute approximate surface area is 313 Å². The Hall–Kier alpha value is -5.90. The van der Waals surface area contributed by atoms with Crippen LogP contribution in [0, 0.1) is 13.8 Å². The van der Waals surface area contributed by atoms with Crippen molar-refractivity contribution in [3.8, 4) is 45.2 Å². The smallest absolute Gasteiger partial charge is 0.227 e. The maximum absolute atomic E-state index is 11.9. The molecule has 1 unspecified atom stereocenters. The zero-order chi connectivity index (χ0) is 37.1. The number of hydrogen-bond acceptors (Lipinski definition) is 8. The second-order valence-corrected chi connectivity index (χ2v) is 14.5. The van der Waals surface area contributed by atoms with Crippen molar-refractivity contribution in [1.82, 2.24) is 9.97 Å². The minimum Gasteiger partial charge on any atom is -0.436 e. The summed E-state index contributed by atoms with van der Waals surface area (Å²) in [4.78, 5) is 33.1. The molecule has 0 amide bonds. The fraction of sp³-hybridized carbons (Fsp3) is 0.0909.